The SMILES string of the molecule is CCN(CC(=O)NC(C)C)C(=O)c1cc(C)n(-c2cccc(C)c2)c1C. The van der Waals surface area contributed by atoms with E-state index in [1.807, 2.05) is 52.8 Å². The summed E-state index contributed by atoms with van der Waals surface area (Å²) >= 11 is 0. The smallest absolute Gasteiger partial charge is 0.256 e. The number of nitrogens with one attached hydrogen (secondary N) is 1. The van der Waals surface area contributed by atoms with Crippen molar-refractivity contribution in [2.75, 3.05) is 13.1 Å². The molecule has 2 aromatic rings. The zero-order valence-corrected chi connectivity index (χ0v) is 16.6. The number of carbonyl (C=O) groups is 2. The second-order valence-electron chi connectivity index (χ2n) is 7.00. The van der Waals surface area contributed by atoms with E-state index in [-0.39, 0.29) is 24.4 Å². The Bertz CT molecular complexity index is 806. The van der Waals surface area contributed by atoms with Crippen LogP contribution in [0.15, 0.2) is 30.3 Å². The van der Waals surface area contributed by atoms with Crippen molar-refractivity contribution >= 4 is 11.8 Å². The Morgan fingerprint density at radius 1 is 1.15 bits per heavy atom. The predicted molar refractivity (Wildman–Crippen MR) is 105 cm³/mol. The average Bonchev–Trinajstić information content (AvgIpc) is 2.86. The third-order valence-electron chi connectivity index (χ3n) is 4.37. The van der Waals surface area contributed by atoms with Crippen LogP contribution in [0.2, 0.25) is 0 Å². The summed E-state index contributed by atoms with van der Waals surface area (Å²) < 4.78 is 2.09. The summed E-state index contributed by atoms with van der Waals surface area (Å²) in [5.41, 5.74) is 4.74. The highest BCUT2D eigenvalue weighted by Gasteiger charge is 2.22. The van der Waals surface area contributed by atoms with Crippen molar-refractivity contribution in [3.8, 4) is 5.69 Å². The van der Waals surface area contributed by atoms with Crippen LogP contribution in [0.1, 0.15) is 48.1 Å². The van der Waals surface area contributed by atoms with E-state index in [0.29, 0.717) is 12.1 Å². The molecule has 1 N–H and O–H groups in total. The maximum absolute atomic E-state index is 13.0. The molecule has 0 bridgehead atoms. The van der Waals surface area contributed by atoms with E-state index >= 15 is 0 Å². The minimum Gasteiger partial charge on any atom is -0.352 e. The fraction of sp³-hybridized carbons (Fsp3) is 0.429. The lowest BCUT2D eigenvalue weighted by Gasteiger charge is -2.21. The van der Waals surface area contributed by atoms with Crippen LogP contribution in [0, 0.1) is 20.8 Å². The van der Waals surface area contributed by atoms with Crippen molar-refractivity contribution < 1.29 is 9.59 Å². The van der Waals surface area contributed by atoms with Crippen LogP contribution in [0.5, 0.6) is 0 Å². The second kappa shape index (κ2) is 8.21. The van der Waals surface area contributed by atoms with E-state index in [4.69, 9.17) is 0 Å². The molecule has 5 heteroatoms. The molecule has 2 amide bonds. The van der Waals surface area contributed by atoms with E-state index < -0.39 is 0 Å². The molecule has 0 radical (unpaired) electrons. The quantitative estimate of drug-likeness (QED) is 0.863. The third kappa shape index (κ3) is 4.34. The molecule has 0 aliphatic carbocycles. The highest BCUT2D eigenvalue weighted by molar-refractivity contribution is 5.98. The number of nitrogens with zero attached hydrogens (tertiary/aromatic N) is 2. The van der Waals surface area contributed by atoms with Gasteiger partial charge >= 0.3 is 0 Å². The zero-order chi connectivity index (χ0) is 19.4. The summed E-state index contributed by atoms with van der Waals surface area (Å²) in [6.07, 6.45) is 0. The number of hydrogen-bond donors (Lipinski definition) is 1. The first kappa shape index (κ1) is 19.8. The van der Waals surface area contributed by atoms with Gasteiger partial charge in [-0.3, -0.25) is 9.59 Å². The highest BCUT2D eigenvalue weighted by atomic mass is 16.2. The summed E-state index contributed by atoms with van der Waals surface area (Å²) in [4.78, 5) is 26.7. The standard InChI is InChI=1S/C21H29N3O2/c1-7-23(13-20(25)22-14(2)3)21(26)19-12-16(5)24(17(19)6)18-10-8-9-15(4)11-18/h8-12,14H,7,13H2,1-6H3,(H,22,25). The molecule has 0 aliphatic heterocycles. The molecule has 5 nitrogen and oxygen atoms in total. The van der Waals surface area contributed by atoms with Crippen molar-refractivity contribution in [1.82, 2.24) is 14.8 Å². The van der Waals surface area contributed by atoms with E-state index in [0.717, 1.165) is 17.1 Å². The molecule has 0 unspecified atom stereocenters. The molecule has 2 rings (SSSR count). The first-order valence-corrected chi connectivity index (χ1v) is 9.09. The van der Waals surface area contributed by atoms with Crippen LogP contribution < -0.4 is 5.32 Å². The van der Waals surface area contributed by atoms with E-state index in [1.165, 1.54) is 5.56 Å². The molecular formula is C21H29N3O2. The summed E-state index contributed by atoms with van der Waals surface area (Å²) in [5, 5.41) is 2.84. The summed E-state index contributed by atoms with van der Waals surface area (Å²) in [6.45, 7) is 12.3. The summed E-state index contributed by atoms with van der Waals surface area (Å²) in [6, 6.07) is 10.2. The van der Waals surface area contributed by atoms with Crippen LogP contribution in [0.25, 0.3) is 5.69 Å². The lowest BCUT2D eigenvalue weighted by atomic mass is 10.2. The molecule has 140 valence electrons. The first-order valence-electron chi connectivity index (χ1n) is 9.09. The number of likely N-dealkylation sites (N-methyl/N-ethyl adjacent to an activating group) is 1. The van der Waals surface area contributed by atoms with Gasteiger partial charge in [0.2, 0.25) is 5.91 Å². The number of aromatic nitrogens is 1. The van der Waals surface area contributed by atoms with Crippen LogP contribution in [0.4, 0.5) is 0 Å². The van der Waals surface area contributed by atoms with Crippen molar-refractivity contribution in [1.29, 1.82) is 0 Å². The molecule has 1 aromatic heterocycles. The van der Waals surface area contributed by atoms with E-state index in [2.05, 4.69) is 28.9 Å². The van der Waals surface area contributed by atoms with Gasteiger partial charge in [-0.2, -0.15) is 0 Å². The molecule has 26 heavy (non-hydrogen) atoms. The molecule has 0 fully saturated rings. The predicted octanol–water partition coefficient (Wildman–Crippen LogP) is 3.39. The Labute approximate surface area is 156 Å². The third-order valence-corrected chi connectivity index (χ3v) is 4.37. The monoisotopic (exact) mass is 355 g/mol. The zero-order valence-electron chi connectivity index (χ0n) is 16.6. The Morgan fingerprint density at radius 3 is 2.42 bits per heavy atom. The molecule has 0 saturated carbocycles. The van der Waals surface area contributed by atoms with Crippen LogP contribution in [0.3, 0.4) is 0 Å². The number of carbonyl (C=O) groups excluding carboxylic acids is 2. The van der Waals surface area contributed by atoms with Crippen molar-refractivity contribution in [2.24, 2.45) is 0 Å². The lowest BCUT2D eigenvalue weighted by Crippen LogP contribution is -2.42. The van der Waals surface area contributed by atoms with Gasteiger partial charge in [-0.25, -0.2) is 0 Å². The highest BCUT2D eigenvalue weighted by Crippen LogP contribution is 2.22. The molecular weight excluding hydrogens is 326 g/mol. The van der Waals surface area contributed by atoms with Gasteiger partial charge in [0.1, 0.15) is 0 Å². The van der Waals surface area contributed by atoms with E-state index in [1.54, 1.807) is 4.90 Å². The number of amides is 2. The lowest BCUT2D eigenvalue weighted by molar-refractivity contribution is -0.122. The van der Waals surface area contributed by atoms with Gasteiger partial charge in [0.05, 0.1) is 12.1 Å². The minimum absolute atomic E-state index is 0.0580. The first-order chi connectivity index (χ1) is 12.2. The largest absolute Gasteiger partial charge is 0.352 e. The Balaban J connectivity index is 2.32. The van der Waals surface area contributed by atoms with Crippen molar-refractivity contribution in [3.63, 3.8) is 0 Å². The Kier molecular flexibility index (Phi) is 6.24. The molecule has 1 aromatic carbocycles. The summed E-state index contributed by atoms with van der Waals surface area (Å²) in [5.74, 6) is -0.249. The fourth-order valence-corrected chi connectivity index (χ4v) is 3.18. The van der Waals surface area contributed by atoms with E-state index in [9.17, 15) is 9.59 Å². The number of aryl methyl sites for hydroxylation is 2. The number of benzene rings is 1. The van der Waals surface area contributed by atoms with Gasteiger partial charge in [0.15, 0.2) is 0 Å². The fourth-order valence-electron chi connectivity index (χ4n) is 3.18. The molecule has 0 saturated heterocycles. The van der Waals surface area contributed by atoms with Gasteiger partial charge in [-0.15, -0.1) is 0 Å². The van der Waals surface area contributed by atoms with Crippen LogP contribution in [-0.4, -0.2) is 40.4 Å². The number of hydrogen-bond acceptors (Lipinski definition) is 2. The molecule has 1 heterocycles. The number of rotatable bonds is 6. The Morgan fingerprint density at radius 2 is 1.85 bits per heavy atom. The normalized spacial score (nSPS) is 10.9. The maximum Gasteiger partial charge on any atom is 0.256 e. The maximum atomic E-state index is 13.0. The Hall–Kier alpha value is -2.56. The van der Waals surface area contributed by atoms with Gasteiger partial charge < -0.3 is 14.8 Å². The summed E-state index contributed by atoms with van der Waals surface area (Å²) in [7, 11) is 0. The molecule has 0 aliphatic rings. The van der Waals surface area contributed by atoms with Crippen molar-refractivity contribution in [2.45, 2.75) is 47.6 Å². The minimum atomic E-state index is -0.136. The topological polar surface area (TPSA) is 54.3 Å². The second-order valence-corrected chi connectivity index (χ2v) is 7.00. The van der Waals surface area contributed by atoms with Crippen molar-refractivity contribution in [3.05, 3.63) is 52.8 Å². The molecule has 0 atom stereocenters. The molecule has 0 spiro atoms. The average molecular weight is 355 g/mol. The van der Waals surface area contributed by atoms with Gasteiger partial charge in [0, 0.05) is 29.7 Å². The van der Waals surface area contributed by atoms with Crippen LogP contribution >= 0.6 is 0 Å². The van der Waals surface area contributed by atoms with Crippen LogP contribution in [-0.2, 0) is 4.79 Å². The van der Waals surface area contributed by atoms with Gasteiger partial charge in [-0.1, -0.05) is 12.1 Å². The van der Waals surface area contributed by atoms with Gasteiger partial charge in [-0.05, 0) is 65.3 Å². The van der Waals surface area contributed by atoms with Gasteiger partial charge in [0.25, 0.3) is 5.91 Å².